The van der Waals surface area contributed by atoms with E-state index in [1.165, 1.54) is 5.56 Å². The third kappa shape index (κ3) is 3.29. The van der Waals surface area contributed by atoms with Crippen LogP contribution >= 0.6 is 0 Å². The predicted molar refractivity (Wildman–Crippen MR) is 80.1 cm³/mol. The molecule has 4 nitrogen and oxygen atoms in total. The van der Waals surface area contributed by atoms with Crippen molar-refractivity contribution in [3.8, 4) is 0 Å². The molecule has 0 aromatic heterocycles. The largest absolute Gasteiger partial charge is 0.309 e. The Morgan fingerprint density at radius 3 is 2.71 bits per heavy atom. The number of nitrogens with one attached hydrogen (secondary N) is 2. The molecule has 0 bridgehead atoms. The van der Waals surface area contributed by atoms with E-state index in [2.05, 4.69) is 29.6 Å². The van der Waals surface area contributed by atoms with Crippen molar-refractivity contribution in [2.75, 3.05) is 0 Å². The topological polar surface area (TPSA) is 61.4 Å². The lowest BCUT2D eigenvalue weighted by molar-refractivity contribution is 0.0706. The molecule has 1 amide bonds. The molecule has 1 aliphatic carbocycles. The van der Waals surface area contributed by atoms with E-state index < -0.39 is 5.91 Å². The zero-order chi connectivity index (χ0) is 14.7. The highest BCUT2D eigenvalue weighted by atomic mass is 16.5. The predicted octanol–water partition coefficient (Wildman–Crippen LogP) is 2.45. The summed E-state index contributed by atoms with van der Waals surface area (Å²) >= 11 is 0. The molecule has 0 aliphatic heterocycles. The molecule has 1 fully saturated rings. The summed E-state index contributed by atoms with van der Waals surface area (Å²) in [6.45, 7) is 0.723. The molecular weight excluding hydrogens is 264 g/mol. The fraction of sp³-hybridized carbons (Fsp3) is 0.235. The normalized spacial score (nSPS) is 20.0. The van der Waals surface area contributed by atoms with Gasteiger partial charge in [0.05, 0.1) is 0 Å². The van der Waals surface area contributed by atoms with Gasteiger partial charge in [0.15, 0.2) is 0 Å². The van der Waals surface area contributed by atoms with Crippen molar-refractivity contribution < 1.29 is 10.0 Å². The Kier molecular flexibility index (Phi) is 3.99. The van der Waals surface area contributed by atoms with Crippen molar-refractivity contribution in [3.63, 3.8) is 0 Å². The smallest absolute Gasteiger partial charge is 0.274 e. The zero-order valence-corrected chi connectivity index (χ0v) is 11.6. The number of benzene rings is 2. The van der Waals surface area contributed by atoms with Crippen LogP contribution in [0.15, 0.2) is 54.6 Å². The van der Waals surface area contributed by atoms with Crippen LogP contribution in [-0.2, 0) is 6.54 Å². The highest BCUT2D eigenvalue weighted by Crippen LogP contribution is 2.40. The maximum Gasteiger partial charge on any atom is 0.274 e. The third-order valence-corrected chi connectivity index (χ3v) is 3.88. The SMILES string of the molecule is O=C(NO)c1cccc(CNC2CC2c2ccccc2)c1. The monoisotopic (exact) mass is 282 g/mol. The molecule has 1 aliphatic rings. The molecular formula is C17H18N2O2. The number of hydrogen-bond acceptors (Lipinski definition) is 3. The Morgan fingerprint density at radius 1 is 1.14 bits per heavy atom. The average Bonchev–Trinajstić information content (AvgIpc) is 3.33. The number of rotatable bonds is 5. The van der Waals surface area contributed by atoms with Crippen LogP contribution in [0.3, 0.4) is 0 Å². The second-order valence-corrected chi connectivity index (χ2v) is 5.38. The molecule has 0 spiro atoms. The first-order chi connectivity index (χ1) is 10.3. The van der Waals surface area contributed by atoms with Gasteiger partial charge in [0.1, 0.15) is 0 Å². The number of amides is 1. The van der Waals surface area contributed by atoms with Crippen LogP contribution in [0.1, 0.15) is 33.8 Å². The van der Waals surface area contributed by atoms with Gasteiger partial charge in [-0.3, -0.25) is 10.0 Å². The zero-order valence-electron chi connectivity index (χ0n) is 11.6. The molecule has 2 unspecified atom stereocenters. The molecule has 2 atom stereocenters. The Balaban J connectivity index is 1.56. The van der Waals surface area contributed by atoms with Gasteiger partial charge in [0.25, 0.3) is 5.91 Å². The van der Waals surface area contributed by atoms with E-state index in [9.17, 15) is 4.79 Å². The Morgan fingerprint density at radius 2 is 1.95 bits per heavy atom. The van der Waals surface area contributed by atoms with Gasteiger partial charge in [-0.2, -0.15) is 0 Å². The van der Waals surface area contributed by atoms with Crippen LogP contribution in [0.5, 0.6) is 0 Å². The van der Waals surface area contributed by atoms with Crippen LogP contribution in [0.2, 0.25) is 0 Å². The summed E-state index contributed by atoms with van der Waals surface area (Å²) < 4.78 is 0. The second-order valence-electron chi connectivity index (χ2n) is 5.38. The molecule has 1 saturated carbocycles. The van der Waals surface area contributed by atoms with E-state index in [0.29, 0.717) is 17.5 Å². The van der Waals surface area contributed by atoms with Crippen molar-refractivity contribution >= 4 is 5.91 Å². The summed E-state index contributed by atoms with van der Waals surface area (Å²) in [6, 6.07) is 18.3. The third-order valence-electron chi connectivity index (χ3n) is 3.88. The first-order valence-corrected chi connectivity index (χ1v) is 7.09. The minimum absolute atomic E-state index is 0.465. The lowest BCUT2D eigenvalue weighted by Gasteiger charge is -2.06. The molecule has 21 heavy (non-hydrogen) atoms. The number of carbonyl (C=O) groups is 1. The van der Waals surface area contributed by atoms with E-state index in [4.69, 9.17) is 5.21 Å². The number of hydrogen-bond donors (Lipinski definition) is 3. The molecule has 3 N–H and O–H groups in total. The van der Waals surface area contributed by atoms with Crippen molar-refractivity contribution in [1.29, 1.82) is 0 Å². The fourth-order valence-electron chi connectivity index (χ4n) is 2.63. The van der Waals surface area contributed by atoms with E-state index in [1.807, 2.05) is 18.2 Å². The summed E-state index contributed by atoms with van der Waals surface area (Å²) in [7, 11) is 0. The van der Waals surface area contributed by atoms with E-state index in [-0.39, 0.29) is 0 Å². The van der Waals surface area contributed by atoms with E-state index in [0.717, 1.165) is 18.5 Å². The molecule has 2 aromatic carbocycles. The summed E-state index contributed by atoms with van der Waals surface area (Å²) in [5, 5.41) is 12.2. The van der Waals surface area contributed by atoms with Gasteiger partial charge in [-0.1, -0.05) is 42.5 Å². The van der Waals surface area contributed by atoms with Crippen LogP contribution in [0.4, 0.5) is 0 Å². The lowest BCUT2D eigenvalue weighted by atomic mass is 10.1. The van der Waals surface area contributed by atoms with Gasteiger partial charge in [-0.05, 0) is 29.7 Å². The van der Waals surface area contributed by atoms with E-state index >= 15 is 0 Å². The lowest BCUT2D eigenvalue weighted by Crippen LogP contribution is -2.20. The van der Waals surface area contributed by atoms with Crippen LogP contribution < -0.4 is 10.8 Å². The highest BCUT2D eigenvalue weighted by Gasteiger charge is 2.37. The minimum atomic E-state index is -0.481. The fourth-order valence-corrected chi connectivity index (χ4v) is 2.63. The van der Waals surface area contributed by atoms with Crippen LogP contribution in [0, 0.1) is 0 Å². The van der Waals surface area contributed by atoms with E-state index in [1.54, 1.807) is 17.6 Å². The van der Waals surface area contributed by atoms with Gasteiger partial charge in [0, 0.05) is 24.1 Å². The maximum absolute atomic E-state index is 11.4. The number of hydroxylamine groups is 1. The maximum atomic E-state index is 11.4. The molecule has 108 valence electrons. The van der Waals surface area contributed by atoms with Crippen molar-refractivity contribution in [3.05, 3.63) is 71.3 Å². The minimum Gasteiger partial charge on any atom is -0.309 e. The molecule has 2 aromatic rings. The van der Waals surface area contributed by atoms with Crippen LogP contribution in [-0.4, -0.2) is 17.2 Å². The Labute approximate surface area is 123 Å². The molecule has 3 rings (SSSR count). The first kappa shape index (κ1) is 13.8. The molecule has 0 heterocycles. The summed E-state index contributed by atoms with van der Waals surface area (Å²) in [5.41, 5.74) is 4.53. The summed E-state index contributed by atoms with van der Waals surface area (Å²) in [6.07, 6.45) is 1.15. The molecule has 0 radical (unpaired) electrons. The quantitative estimate of drug-likeness (QED) is 0.583. The van der Waals surface area contributed by atoms with Gasteiger partial charge in [0.2, 0.25) is 0 Å². The Bertz CT molecular complexity index is 628. The van der Waals surface area contributed by atoms with Gasteiger partial charge in [-0.15, -0.1) is 0 Å². The van der Waals surface area contributed by atoms with Crippen molar-refractivity contribution in [2.24, 2.45) is 0 Å². The van der Waals surface area contributed by atoms with Crippen molar-refractivity contribution in [2.45, 2.75) is 24.9 Å². The molecule has 0 saturated heterocycles. The first-order valence-electron chi connectivity index (χ1n) is 7.09. The second kappa shape index (κ2) is 6.08. The highest BCUT2D eigenvalue weighted by molar-refractivity contribution is 5.93. The standard InChI is InChI=1S/C17H18N2O2/c20-17(19-21)14-8-4-5-12(9-14)11-18-16-10-15(16)13-6-2-1-3-7-13/h1-9,15-16,18,21H,10-11H2,(H,19,20). The van der Waals surface area contributed by atoms with Gasteiger partial charge < -0.3 is 5.32 Å². The molecule has 4 heteroatoms. The average molecular weight is 282 g/mol. The Hall–Kier alpha value is -2.17. The van der Waals surface area contributed by atoms with Gasteiger partial charge >= 0.3 is 0 Å². The summed E-state index contributed by atoms with van der Waals surface area (Å²) in [5.74, 6) is 0.112. The number of carbonyl (C=O) groups excluding carboxylic acids is 1. The van der Waals surface area contributed by atoms with Crippen molar-refractivity contribution in [1.82, 2.24) is 10.8 Å². The summed E-state index contributed by atoms with van der Waals surface area (Å²) in [4.78, 5) is 11.4. The van der Waals surface area contributed by atoms with Crippen LogP contribution in [0.25, 0.3) is 0 Å². The van der Waals surface area contributed by atoms with Gasteiger partial charge in [-0.25, -0.2) is 5.48 Å².